The molecule has 3 aliphatic rings. The Morgan fingerprint density at radius 3 is 2.67 bits per heavy atom. The SMILES string of the molecule is Cc1c(-c2ccccn2)nc2cc(F)cc(F)c2c1Nc1cc(N2CCOC([C@H]3CC3C)C2)ncc1[C@H]1CCCC1(C)C. The number of nitrogens with zero attached hydrogens (tertiary/aromatic N) is 4. The molecule has 2 unspecified atom stereocenters. The Hall–Kier alpha value is -3.65. The topological polar surface area (TPSA) is 63.2 Å². The van der Waals surface area contributed by atoms with Gasteiger partial charge >= 0.3 is 0 Å². The fourth-order valence-corrected chi connectivity index (χ4v) is 7.38. The Balaban J connectivity index is 1.37. The summed E-state index contributed by atoms with van der Waals surface area (Å²) in [6.07, 6.45) is 8.51. The van der Waals surface area contributed by atoms with E-state index in [0.717, 1.165) is 61.1 Å². The van der Waals surface area contributed by atoms with E-state index in [1.54, 1.807) is 6.20 Å². The molecule has 3 aromatic heterocycles. The van der Waals surface area contributed by atoms with Crippen LogP contribution >= 0.6 is 0 Å². The maximum atomic E-state index is 15.6. The summed E-state index contributed by atoms with van der Waals surface area (Å²) in [4.78, 5) is 16.5. The van der Waals surface area contributed by atoms with Crippen molar-refractivity contribution in [3.63, 3.8) is 0 Å². The summed E-state index contributed by atoms with van der Waals surface area (Å²) in [5.74, 6) is 1.19. The zero-order chi connectivity index (χ0) is 29.9. The van der Waals surface area contributed by atoms with Crippen molar-refractivity contribution in [2.75, 3.05) is 29.9 Å². The molecule has 0 radical (unpaired) electrons. The fourth-order valence-electron chi connectivity index (χ4n) is 7.38. The van der Waals surface area contributed by atoms with Crippen molar-refractivity contribution in [3.05, 3.63) is 71.6 Å². The van der Waals surface area contributed by atoms with E-state index < -0.39 is 11.6 Å². The molecule has 4 heterocycles. The summed E-state index contributed by atoms with van der Waals surface area (Å²) in [5.41, 5.74) is 4.94. The van der Waals surface area contributed by atoms with Gasteiger partial charge in [-0.1, -0.05) is 33.3 Å². The van der Waals surface area contributed by atoms with Crippen LogP contribution in [0.25, 0.3) is 22.3 Å². The molecule has 43 heavy (non-hydrogen) atoms. The summed E-state index contributed by atoms with van der Waals surface area (Å²) in [7, 11) is 0. The molecule has 3 fully saturated rings. The van der Waals surface area contributed by atoms with E-state index in [1.807, 2.05) is 31.3 Å². The van der Waals surface area contributed by atoms with Crippen LogP contribution in [0.1, 0.15) is 63.5 Å². The average Bonchev–Trinajstić information content (AvgIpc) is 3.62. The molecule has 4 atom stereocenters. The van der Waals surface area contributed by atoms with Gasteiger partial charge in [0.05, 0.1) is 40.7 Å². The highest BCUT2D eigenvalue weighted by Crippen LogP contribution is 2.51. The molecule has 2 aliphatic carbocycles. The van der Waals surface area contributed by atoms with E-state index in [2.05, 4.69) is 42.0 Å². The van der Waals surface area contributed by atoms with E-state index in [0.29, 0.717) is 41.4 Å². The molecule has 1 aromatic carbocycles. The minimum atomic E-state index is -0.661. The number of halogens is 2. The summed E-state index contributed by atoms with van der Waals surface area (Å²) >= 11 is 0. The highest BCUT2D eigenvalue weighted by atomic mass is 19.1. The van der Waals surface area contributed by atoms with Gasteiger partial charge in [0.2, 0.25) is 0 Å². The van der Waals surface area contributed by atoms with Gasteiger partial charge in [0.15, 0.2) is 0 Å². The Bertz CT molecular complexity index is 1680. The Labute approximate surface area is 251 Å². The third kappa shape index (κ3) is 5.24. The standard InChI is InChI=1S/C35H39F2N5O/c1-20-14-23(20)30-19-42(12-13-43-30)31-17-28(24(18-39-31)25-8-7-10-35(25,3)4)40-34-21(2)33(27-9-5-6-11-38-27)41-29-16-22(36)15-26(37)32(29)34/h5-6,9,11,15-18,20,23,25,30H,7-8,10,12-14,19H2,1-4H3,(H,39,40,41)/t20?,23-,25+,30?/m0/s1. The van der Waals surface area contributed by atoms with Gasteiger partial charge in [0.25, 0.3) is 0 Å². The second-order valence-electron chi connectivity index (χ2n) is 13.4. The predicted molar refractivity (Wildman–Crippen MR) is 167 cm³/mol. The first-order chi connectivity index (χ1) is 20.7. The third-order valence-corrected chi connectivity index (χ3v) is 10.0. The first-order valence-electron chi connectivity index (χ1n) is 15.5. The van der Waals surface area contributed by atoms with Gasteiger partial charge < -0.3 is 15.0 Å². The molecule has 0 bridgehead atoms. The monoisotopic (exact) mass is 583 g/mol. The molecule has 1 N–H and O–H groups in total. The number of fused-ring (bicyclic) bond motifs is 1. The van der Waals surface area contributed by atoms with Crippen molar-refractivity contribution in [3.8, 4) is 11.4 Å². The van der Waals surface area contributed by atoms with Gasteiger partial charge in [-0.05, 0) is 67.1 Å². The van der Waals surface area contributed by atoms with Crippen molar-refractivity contribution in [2.24, 2.45) is 17.3 Å². The van der Waals surface area contributed by atoms with E-state index in [9.17, 15) is 4.39 Å². The molecule has 224 valence electrons. The van der Waals surface area contributed by atoms with Gasteiger partial charge in [0.1, 0.15) is 17.5 Å². The fraction of sp³-hybridized carbons (Fsp3) is 0.457. The molecule has 4 aromatic rings. The van der Waals surface area contributed by atoms with E-state index in [4.69, 9.17) is 14.7 Å². The number of rotatable bonds is 6. The summed E-state index contributed by atoms with van der Waals surface area (Å²) < 4.78 is 36.2. The Morgan fingerprint density at radius 1 is 1.12 bits per heavy atom. The lowest BCUT2D eigenvalue weighted by Crippen LogP contribution is -2.44. The number of hydrogen-bond acceptors (Lipinski definition) is 6. The second kappa shape index (κ2) is 10.8. The Morgan fingerprint density at radius 2 is 1.95 bits per heavy atom. The van der Waals surface area contributed by atoms with Crippen LogP contribution in [0.15, 0.2) is 48.8 Å². The number of benzene rings is 1. The van der Waals surface area contributed by atoms with Gasteiger partial charge in [-0.25, -0.2) is 18.7 Å². The number of nitrogens with one attached hydrogen (secondary N) is 1. The minimum absolute atomic E-state index is 0.106. The highest BCUT2D eigenvalue weighted by molar-refractivity contribution is 5.98. The van der Waals surface area contributed by atoms with E-state index >= 15 is 4.39 Å². The lowest BCUT2D eigenvalue weighted by Gasteiger charge is -2.35. The zero-order valence-corrected chi connectivity index (χ0v) is 25.3. The third-order valence-electron chi connectivity index (χ3n) is 10.0. The van der Waals surface area contributed by atoms with Crippen LogP contribution in [0, 0.1) is 35.8 Å². The highest BCUT2D eigenvalue weighted by Gasteiger charge is 2.42. The van der Waals surface area contributed by atoms with Crippen LogP contribution in [0.4, 0.5) is 26.0 Å². The first-order valence-corrected chi connectivity index (χ1v) is 15.5. The molecule has 8 heteroatoms. The lowest BCUT2D eigenvalue weighted by atomic mass is 9.77. The maximum Gasteiger partial charge on any atom is 0.137 e. The molecule has 0 amide bonds. The molecule has 0 spiro atoms. The summed E-state index contributed by atoms with van der Waals surface area (Å²) in [6.45, 7) is 11.1. The van der Waals surface area contributed by atoms with Crippen molar-refractivity contribution in [1.82, 2.24) is 15.0 Å². The van der Waals surface area contributed by atoms with Gasteiger partial charge in [0, 0.05) is 54.9 Å². The van der Waals surface area contributed by atoms with Crippen LogP contribution in [0.5, 0.6) is 0 Å². The van der Waals surface area contributed by atoms with Gasteiger partial charge in [-0.3, -0.25) is 4.98 Å². The first kappa shape index (κ1) is 28.1. The molecule has 7 rings (SSSR count). The molecule has 1 aliphatic heterocycles. The lowest BCUT2D eigenvalue weighted by molar-refractivity contribution is 0.0232. The molecule has 2 saturated carbocycles. The van der Waals surface area contributed by atoms with Crippen LogP contribution in [-0.2, 0) is 4.74 Å². The average molecular weight is 584 g/mol. The molecular formula is C35H39F2N5O. The second-order valence-corrected chi connectivity index (χ2v) is 13.4. The quantitative estimate of drug-likeness (QED) is 0.247. The number of ether oxygens (including phenoxy) is 1. The van der Waals surface area contributed by atoms with E-state index in [1.165, 1.54) is 12.5 Å². The van der Waals surface area contributed by atoms with Crippen molar-refractivity contribution in [2.45, 2.75) is 65.4 Å². The van der Waals surface area contributed by atoms with Crippen LogP contribution in [0.3, 0.4) is 0 Å². The van der Waals surface area contributed by atoms with Crippen LogP contribution < -0.4 is 10.2 Å². The molecular weight excluding hydrogens is 544 g/mol. The Kier molecular flexibility index (Phi) is 7.07. The van der Waals surface area contributed by atoms with Crippen molar-refractivity contribution in [1.29, 1.82) is 0 Å². The predicted octanol–water partition coefficient (Wildman–Crippen LogP) is 8.18. The number of pyridine rings is 3. The smallest absolute Gasteiger partial charge is 0.137 e. The van der Waals surface area contributed by atoms with Gasteiger partial charge in [-0.2, -0.15) is 0 Å². The van der Waals surface area contributed by atoms with Crippen molar-refractivity contribution >= 4 is 28.1 Å². The van der Waals surface area contributed by atoms with Crippen molar-refractivity contribution < 1.29 is 13.5 Å². The van der Waals surface area contributed by atoms with Gasteiger partial charge in [-0.15, -0.1) is 0 Å². The minimum Gasteiger partial charge on any atom is -0.374 e. The number of hydrogen-bond donors (Lipinski definition) is 1. The van der Waals surface area contributed by atoms with E-state index in [-0.39, 0.29) is 22.4 Å². The summed E-state index contributed by atoms with van der Waals surface area (Å²) in [6, 6.07) is 9.94. The number of morpholine rings is 1. The molecule has 6 nitrogen and oxygen atoms in total. The maximum absolute atomic E-state index is 15.6. The normalized spacial score (nSPS) is 24.8. The zero-order valence-electron chi connectivity index (χ0n) is 25.3. The number of anilines is 3. The van der Waals surface area contributed by atoms with Crippen LogP contribution in [0.2, 0.25) is 0 Å². The summed E-state index contributed by atoms with van der Waals surface area (Å²) in [5, 5.41) is 3.94. The van der Waals surface area contributed by atoms with Crippen LogP contribution in [-0.4, -0.2) is 40.8 Å². The molecule has 1 saturated heterocycles. The largest absolute Gasteiger partial charge is 0.374 e. The number of aromatic nitrogens is 3.